The van der Waals surface area contributed by atoms with Crippen molar-refractivity contribution in [3.05, 3.63) is 52.0 Å². The standard InChI is InChI=1S/C14H17BrFN3/c1-10(2)19-6-5-13(18-19)9-17-8-11-7-12(15)3-4-14(11)16/h3-7,10,17H,8-9H2,1-2H3. The summed E-state index contributed by atoms with van der Waals surface area (Å²) in [7, 11) is 0. The second-order valence-corrected chi connectivity index (χ2v) is 5.64. The van der Waals surface area contributed by atoms with Crippen molar-refractivity contribution in [1.29, 1.82) is 0 Å². The van der Waals surface area contributed by atoms with E-state index in [2.05, 4.69) is 40.2 Å². The molecule has 2 rings (SSSR count). The van der Waals surface area contributed by atoms with Crippen LogP contribution in [0.4, 0.5) is 4.39 Å². The van der Waals surface area contributed by atoms with Gasteiger partial charge in [-0.05, 0) is 38.1 Å². The van der Waals surface area contributed by atoms with E-state index in [0.29, 0.717) is 24.7 Å². The Bertz CT molecular complexity index is 551. The molecule has 5 heteroatoms. The molecule has 0 bridgehead atoms. The van der Waals surface area contributed by atoms with Crippen LogP contribution in [-0.4, -0.2) is 9.78 Å². The average Bonchev–Trinajstić information content (AvgIpc) is 2.82. The maximum absolute atomic E-state index is 13.5. The molecule has 1 N–H and O–H groups in total. The van der Waals surface area contributed by atoms with E-state index in [1.807, 2.05) is 16.9 Å². The summed E-state index contributed by atoms with van der Waals surface area (Å²) in [5, 5.41) is 7.63. The SMILES string of the molecule is CC(C)n1ccc(CNCc2cc(Br)ccc2F)n1. The van der Waals surface area contributed by atoms with Gasteiger partial charge >= 0.3 is 0 Å². The lowest BCUT2D eigenvalue weighted by molar-refractivity contribution is 0.520. The first-order chi connectivity index (χ1) is 9.06. The lowest BCUT2D eigenvalue weighted by Gasteiger charge is -2.06. The largest absolute Gasteiger partial charge is 0.307 e. The Balaban J connectivity index is 1.90. The molecule has 0 radical (unpaired) electrons. The molecule has 0 aliphatic carbocycles. The minimum atomic E-state index is -0.191. The summed E-state index contributed by atoms with van der Waals surface area (Å²) in [6, 6.07) is 7.29. The Hall–Kier alpha value is -1.20. The van der Waals surface area contributed by atoms with E-state index in [1.165, 1.54) is 6.07 Å². The van der Waals surface area contributed by atoms with Gasteiger partial charge in [0, 0.05) is 35.4 Å². The number of aromatic nitrogens is 2. The number of nitrogens with one attached hydrogen (secondary N) is 1. The second kappa shape index (κ2) is 6.30. The fourth-order valence-electron chi connectivity index (χ4n) is 1.76. The minimum Gasteiger partial charge on any atom is -0.307 e. The van der Waals surface area contributed by atoms with Crippen LogP contribution < -0.4 is 5.32 Å². The third kappa shape index (κ3) is 3.88. The van der Waals surface area contributed by atoms with Gasteiger partial charge in [0.2, 0.25) is 0 Å². The molecule has 0 amide bonds. The minimum absolute atomic E-state index is 0.191. The number of rotatable bonds is 5. The van der Waals surface area contributed by atoms with Crippen LogP contribution in [0.1, 0.15) is 31.1 Å². The Morgan fingerprint density at radius 2 is 2.11 bits per heavy atom. The van der Waals surface area contributed by atoms with Crippen LogP contribution in [0.3, 0.4) is 0 Å². The molecule has 2 aromatic rings. The molecule has 102 valence electrons. The van der Waals surface area contributed by atoms with Gasteiger partial charge in [0.05, 0.1) is 5.69 Å². The second-order valence-electron chi connectivity index (χ2n) is 4.72. The van der Waals surface area contributed by atoms with E-state index in [1.54, 1.807) is 12.1 Å². The van der Waals surface area contributed by atoms with Crippen LogP contribution in [0, 0.1) is 5.82 Å². The zero-order chi connectivity index (χ0) is 13.8. The quantitative estimate of drug-likeness (QED) is 0.909. The third-order valence-corrected chi connectivity index (χ3v) is 3.32. The van der Waals surface area contributed by atoms with Crippen molar-refractivity contribution in [3.8, 4) is 0 Å². The molecule has 0 spiro atoms. The lowest BCUT2D eigenvalue weighted by atomic mass is 10.2. The summed E-state index contributed by atoms with van der Waals surface area (Å²) in [6.07, 6.45) is 1.96. The van der Waals surface area contributed by atoms with Gasteiger partial charge in [-0.1, -0.05) is 15.9 Å². The van der Waals surface area contributed by atoms with Crippen LogP contribution in [0.15, 0.2) is 34.9 Å². The van der Waals surface area contributed by atoms with E-state index in [-0.39, 0.29) is 5.82 Å². The van der Waals surface area contributed by atoms with Crippen LogP contribution in [0.5, 0.6) is 0 Å². The van der Waals surface area contributed by atoms with Crippen molar-refractivity contribution >= 4 is 15.9 Å². The van der Waals surface area contributed by atoms with Gasteiger partial charge in [-0.3, -0.25) is 4.68 Å². The Morgan fingerprint density at radius 1 is 1.32 bits per heavy atom. The molecule has 0 saturated heterocycles. The molecular weight excluding hydrogens is 309 g/mol. The Morgan fingerprint density at radius 3 is 2.79 bits per heavy atom. The summed E-state index contributed by atoms with van der Waals surface area (Å²) < 4.78 is 16.3. The highest BCUT2D eigenvalue weighted by Gasteiger charge is 2.04. The summed E-state index contributed by atoms with van der Waals surface area (Å²) in [6.45, 7) is 5.29. The van der Waals surface area contributed by atoms with Gasteiger partial charge < -0.3 is 5.32 Å². The highest BCUT2D eigenvalue weighted by atomic mass is 79.9. The van der Waals surface area contributed by atoms with Crippen molar-refractivity contribution in [2.45, 2.75) is 33.0 Å². The van der Waals surface area contributed by atoms with Crippen LogP contribution >= 0.6 is 15.9 Å². The molecule has 0 saturated carbocycles. The van der Waals surface area contributed by atoms with Crippen molar-refractivity contribution in [2.75, 3.05) is 0 Å². The van der Waals surface area contributed by atoms with Crippen molar-refractivity contribution in [1.82, 2.24) is 15.1 Å². The number of benzene rings is 1. The first-order valence-corrected chi connectivity index (χ1v) is 7.04. The summed E-state index contributed by atoms with van der Waals surface area (Å²) in [4.78, 5) is 0. The molecule has 1 aromatic carbocycles. The highest BCUT2D eigenvalue weighted by Crippen LogP contribution is 2.15. The van der Waals surface area contributed by atoms with E-state index >= 15 is 0 Å². The predicted molar refractivity (Wildman–Crippen MR) is 77.3 cm³/mol. The fraction of sp³-hybridized carbons (Fsp3) is 0.357. The van der Waals surface area contributed by atoms with Gasteiger partial charge in [-0.15, -0.1) is 0 Å². The molecule has 0 atom stereocenters. The third-order valence-electron chi connectivity index (χ3n) is 2.82. The monoisotopic (exact) mass is 325 g/mol. The van der Waals surface area contributed by atoms with Crippen LogP contribution in [0.25, 0.3) is 0 Å². The zero-order valence-electron chi connectivity index (χ0n) is 11.0. The van der Waals surface area contributed by atoms with E-state index in [4.69, 9.17) is 0 Å². The van der Waals surface area contributed by atoms with E-state index in [0.717, 1.165) is 10.2 Å². The molecule has 1 aromatic heterocycles. The van der Waals surface area contributed by atoms with Crippen molar-refractivity contribution < 1.29 is 4.39 Å². The molecular formula is C14H17BrFN3. The molecule has 0 aliphatic heterocycles. The zero-order valence-corrected chi connectivity index (χ0v) is 12.6. The topological polar surface area (TPSA) is 29.9 Å². The molecule has 0 aliphatic rings. The van der Waals surface area contributed by atoms with Gasteiger partial charge in [-0.25, -0.2) is 4.39 Å². The Kier molecular flexibility index (Phi) is 4.71. The maximum atomic E-state index is 13.5. The number of hydrogen-bond acceptors (Lipinski definition) is 2. The predicted octanol–water partition coefficient (Wildman–Crippen LogP) is 3.66. The molecule has 0 fully saturated rings. The van der Waals surface area contributed by atoms with Gasteiger partial charge in [0.15, 0.2) is 0 Å². The maximum Gasteiger partial charge on any atom is 0.127 e. The Labute approximate surface area is 121 Å². The van der Waals surface area contributed by atoms with Crippen LogP contribution in [0.2, 0.25) is 0 Å². The van der Waals surface area contributed by atoms with Crippen molar-refractivity contribution in [3.63, 3.8) is 0 Å². The molecule has 0 unspecified atom stereocenters. The fourth-order valence-corrected chi connectivity index (χ4v) is 2.17. The number of halogens is 2. The van der Waals surface area contributed by atoms with Gasteiger partial charge in [0.1, 0.15) is 5.82 Å². The molecule has 1 heterocycles. The molecule has 3 nitrogen and oxygen atoms in total. The number of nitrogens with zero attached hydrogens (tertiary/aromatic N) is 2. The van der Waals surface area contributed by atoms with E-state index in [9.17, 15) is 4.39 Å². The first-order valence-electron chi connectivity index (χ1n) is 6.25. The van der Waals surface area contributed by atoms with Gasteiger partial charge in [0.25, 0.3) is 0 Å². The summed E-state index contributed by atoms with van der Waals surface area (Å²) in [5.74, 6) is -0.191. The van der Waals surface area contributed by atoms with Crippen molar-refractivity contribution in [2.24, 2.45) is 0 Å². The van der Waals surface area contributed by atoms with Crippen LogP contribution in [-0.2, 0) is 13.1 Å². The molecule has 19 heavy (non-hydrogen) atoms. The van der Waals surface area contributed by atoms with Gasteiger partial charge in [-0.2, -0.15) is 5.10 Å². The smallest absolute Gasteiger partial charge is 0.127 e. The highest BCUT2D eigenvalue weighted by molar-refractivity contribution is 9.10. The normalized spacial score (nSPS) is 11.2. The summed E-state index contributed by atoms with van der Waals surface area (Å²) in [5.41, 5.74) is 1.61. The average molecular weight is 326 g/mol. The summed E-state index contributed by atoms with van der Waals surface area (Å²) >= 11 is 3.34. The number of hydrogen-bond donors (Lipinski definition) is 1. The first kappa shape index (κ1) is 14.2. The lowest BCUT2D eigenvalue weighted by Crippen LogP contribution is -2.14. The van der Waals surface area contributed by atoms with E-state index < -0.39 is 0 Å².